The molecule has 0 atom stereocenters. The maximum Gasteiger partial charge on any atom is 0.330 e. The average Bonchev–Trinajstić information content (AvgIpc) is 2.74. The molecule has 0 bridgehead atoms. The van der Waals surface area contributed by atoms with Crippen LogP contribution in [-0.2, 0) is 16.4 Å². The van der Waals surface area contributed by atoms with Gasteiger partial charge in [0, 0.05) is 18.4 Å². The molecule has 3 rings (SSSR count). The number of nitrogens with one attached hydrogen (secondary N) is 1. The molecule has 2 aromatic carbocycles. The minimum absolute atomic E-state index is 0.0703. The van der Waals surface area contributed by atoms with Crippen LogP contribution >= 0.6 is 0 Å². The summed E-state index contributed by atoms with van der Waals surface area (Å²) >= 11 is 0. The molecule has 3 aromatic rings. The molecule has 9 nitrogen and oxygen atoms in total. The van der Waals surface area contributed by atoms with Gasteiger partial charge in [0.25, 0.3) is 11.5 Å². The second-order valence-corrected chi connectivity index (χ2v) is 8.93. The molecule has 0 fully saturated rings. The topological polar surface area (TPSA) is 135 Å². The number of nitrogen functional groups attached to an aromatic ring is 1. The number of H-pyrrole nitrogens is 1. The summed E-state index contributed by atoms with van der Waals surface area (Å²) in [5.74, 6) is -0.690. The van der Waals surface area contributed by atoms with Crippen molar-refractivity contribution in [1.29, 1.82) is 0 Å². The Morgan fingerprint density at radius 2 is 1.68 bits per heavy atom. The van der Waals surface area contributed by atoms with Crippen LogP contribution in [0.4, 0.5) is 11.5 Å². The SMILES string of the molecule is CCN(C(=O)c1ccc(S(C)(=O)=O)cc1)c1c(N)n(Cc2ccccc2)c(=O)[nH]c1=O. The first kappa shape index (κ1) is 22.0. The van der Waals surface area contributed by atoms with E-state index in [1.54, 1.807) is 6.92 Å². The van der Waals surface area contributed by atoms with E-state index in [-0.39, 0.29) is 35.1 Å². The maximum atomic E-state index is 13.1. The highest BCUT2D eigenvalue weighted by atomic mass is 32.2. The van der Waals surface area contributed by atoms with Crippen molar-refractivity contribution in [2.45, 2.75) is 18.4 Å². The number of aromatic nitrogens is 2. The Balaban J connectivity index is 2.05. The largest absolute Gasteiger partial charge is 0.383 e. The second-order valence-electron chi connectivity index (χ2n) is 6.91. The molecule has 0 saturated heterocycles. The lowest BCUT2D eigenvalue weighted by molar-refractivity contribution is 0.0988. The molecule has 0 aliphatic rings. The number of nitrogens with zero attached hydrogens (tertiary/aromatic N) is 2. The fourth-order valence-corrected chi connectivity index (χ4v) is 3.80. The lowest BCUT2D eigenvalue weighted by Gasteiger charge is -2.23. The number of rotatable bonds is 6. The van der Waals surface area contributed by atoms with Crippen LogP contribution in [0.1, 0.15) is 22.8 Å². The predicted octanol–water partition coefficient (Wildman–Crippen LogP) is 1.24. The van der Waals surface area contributed by atoms with Gasteiger partial charge in [0.1, 0.15) is 5.82 Å². The molecule has 1 amide bonds. The van der Waals surface area contributed by atoms with Gasteiger partial charge in [-0.1, -0.05) is 30.3 Å². The van der Waals surface area contributed by atoms with E-state index < -0.39 is 27.0 Å². The molecule has 0 saturated carbocycles. The molecule has 10 heteroatoms. The number of aromatic amines is 1. The molecule has 31 heavy (non-hydrogen) atoms. The number of hydrogen-bond acceptors (Lipinski definition) is 6. The number of nitrogens with two attached hydrogens (primary N) is 1. The lowest BCUT2D eigenvalue weighted by atomic mass is 10.2. The van der Waals surface area contributed by atoms with Crippen LogP contribution in [0.2, 0.25) is 0 Å². The first-order valence-corrected chi connectivity index (χ1v) is 11.3. The summed E-state index contributed by atoms with van der Waals surface area (Å²) in [5, 5.41) is 0. The van der Waals surface area contributed by atoms with Crippen molar-refractivity contribution in [2.24, 2.45) is 0 Å². The van der Waals surface area contributed by atoms with Gasteiger partial charge < -0.3 is 10.6 Å². The number of amides is 1. The average molecular weight is 442 g/mol. The lowest BCUT2D eigenvalue weighted by Crippen LogP contribution is -2.41. The van der Waals surface area contributed by atoms with Gasteiger partial charge >= 0.3 is 5.69 Å². The Hall–Kier alpha value is -3.66. The van der Waals surface area contributed by atoms with E-state index in [4.69, 9.17) is 5.73 Å². The third-order valence-electron chi connectivity index (χ3n) is 4.76. The molecular weight excluding hydrogens is 420 g/mol. The van der Waals surface area contributed by atoms with Gasteiger partial charge in [-0.2, -0.15) is 0 Å². The van der Waals surface area contributed by atoms with Crippen LogP contribution in [0.15, 0.2) is 69.1 Å². The zero-order valence-electron chi connectivity index (χ0n) is 17.0. The highest BCUT2D eigenvalue weighted by molar-refractivity contribution is 7.90. The zero-order chi connectivity index (χ0) is 22.8. The van der Waals surface area contributed by atoms with Crippen molar-refractivity contribution in [2.75, 3.05) is 23.4 Å². The van der Waals surface area contributed by atoms with Gasteiger partial charge in [0.05, 0.1) is 11.4 Å². The maximum absolute atomic E-state index is 13.1. The van der Waals surface area contributed by atoms with Crippen molar-refractivity contribution >= 4 is 27.2 Å². The number of carbonyl (C=O) groups excluding carboxylic acids is 1. The Labute approximate surface area is 178 Å². The van der Waals surface area contributed by atoms with Crippen LogP contribution < -0.4 is 21.9 Å². The van der Waals surface area contributed by atoms with Crippen LogP contribution in [0.25, 0.3) is 0 Å². The summed E-state index contributed by atoms with van der Waals surface area (Å²) in [6.07, 6.45) is 1.07. The van der Waals surface area contributed by atoms with Crippen molar-refractivity contribution in [3.05, 3.63) is 86.6 Å². The molecular formula is C21H22N4O5S. The fraction of sp³-hybridized carbons (Fsp3) is 0.190. The molecule has 0 unspecified atom stereocenters. The predicted molar refractivity (Wildman–Crippen MR) is 118 cm³/mol. The first-order valence-electron chi connectivity index (χ1n) is 9.42. The molecule has 0 radical (unpaired) electrons. The van der Waals surface area contributed by atoms with Gasteiger partial charge in [-0.15, -0.1) is 0 Å². The van der Waals surface area contributed by atoms with Crippen molar-refractivity contribution in [3.8, 4) is 0 Å². The third kappa shape index (κ3) is 4.58. The molecule has 162 valence electrons. The number of sulfone groups is 1. The summed E-state index contributed by atoms with van der Waals surface area (Å²) in [4.78, 5) is 41.5. The van der Waals surface area contributed by atoms with E-state index in [0.717, 1.165) is 16.7 Å². The van der Waals surface area contributed by atoms with Crippen LogP contribution in [0.3, 0.4) is 0 Å². The summed E-state index contributed by atoms with van der Waals surface area (Å²) in [5.41, 5.74) is 5.53. The van der Waals surface area contributed by atoms with Gasteiger partial charge in [-0.25, -0.2) is 13.2 Å². The molecule has 1 heterocycles. The van der Waals surface area contributed by atoms with Crippen LogP contribution in [0.5, 0.6) is 0 Å². The Bertz CT molecular complexity index is 1330. The van der Waals surface area contributed by atoms with Gasteiger partial charge in [0.2, 0.25) is 0 Å². The Morgan fingerprint density at radius 1 is 1.06 bits per heavy atom. The monoisotopic (exact) mass is 442 g/mol. The van der Waals surface area contributed by atoms with E-state index in [0.29, 0.717) is 0 Å². The number of anilines is 2. The van der Waals surface area contributed by atoms with E-state index in [2.05, 4.69) is 4.98 Å². The second kappa shape index (κ2) is 8.60. The summed E-state index contributed by atoms with van der Waals surface area (Å²) in [7, 11) is -3.41. The smallest absolute Gasteiger partial charge is 0.330 e. The standard InChI is InChI=1S/C21H22N4O5S/c1-3-24(20(27)15-9-11-16(12-10-15)31(2,29)30)17-18(22)25(21(28)23-19(17)26)13-14-7-5-4-6-8-14/h4-12H,3,13,22H2,1-2H3,(H,23,26,28). The minimum atomic E-state index is -3.41. The van der Waals surface area contributed by atoms with Crippen LogP contribution in [-0.4, -0.2) is 36.7 Å². The Kier molecular flexibility index (Phi) is 6.11. The number of hydrogen-bond donors (Lipinski definition) is 2. The van der Waals surface area contributed by atoms with E-state index >= 15 is 0 Å². The normalized spacial score (nSPS) is 11.3. The molecule has 0 aliphatic heterocycles. The van der Waals surface area contributed by atoms with Gasteiger partial charge in [0.15, 0.2) is 15.5 Å². The van der Waals surface area contributed by atoms with Gasteiger partial charge in [-0.3, -0.25) is 19.1 Å². The molecule has 3 N–H and O–H groups in total. The summed E-state index contributed by atoms with van der Waals surface area (Å²) < 4.78 is 24.5. The van der Waals surface area contributed by atoms with E-state index in [1.165, 1.54) is 28.8 Å². The summed E-state index contributed by atoms with van der Waals surface area (Å²) in [6.45, 7) is 1.88. The quantitative estimate of drug-likeness (QED) is 0.590. The third-order valence-corrected chi connectivity index (χ3v) is 5.89. The molecule has 0 aliphatic carbocycles. The Morgan fingerprint density at radius 3 is 2.23 bits per heavy atom. The number of benzene rings is 2. The number of carbonyl (C=O) groups is 1. The van der Waals surface area contributed by atoms with Crippen molar-refractivity contribution in [3.63, 3.8) is 0 Å². The van der Waals surface area contributed by atoms with Gasteiger partial charge in [-0.05, 0) is 36.8 Å². The molecule has 1 aromatic heterocycles. The minimum Gasteiger partial charge on any atom is -0.383 e. The van der Waals surface area contributed by atoms with E-state index in [1.807, 2.05) is 30.3 Å². The van der Waals surface area contributed by atoms with E-state index in [9.17, 15) is 22.8 Å². The highest BCUT2D eigenvalue weighted by Gasteiger charge is 2.24. The fourth-order valence-electron chi connectivity index (χ4n) is 3.16. The highest BCUT2D eigenvalue weighted by Crippen LogP contribution is 2.21. The van der Waals surface area contributed by atoms with Crippen molar-refractivity contribution < 1.29 is 13.2 Å². The molecule has 0 spiro atoms. The van der Waals surface area contributed by atoms with Crippen molar-refractivity contribution in [1.82, 2.24) is 9.55 Å². The van der Waals surface area contributed by atoms with Crippen LogP contribution in [0, 0.1) is 0 Å². The zero-order valence-corrected chi connectivity index (χ0v) is 17.8. The first-order chi connectivity index (χ1) is 14.6. The summed E-state index contributed by atoms with van der Waals surface area (Å²) in [6, 6.07) is 14.4.